The quantitative estimate of drug-likeness (QED) is 0.770. The van der Waals surface area contributed by atoms with Crippen LogP contribution in [0.2, 0.25) is 0 Å². The number of thioether (sulfide) groups is 1. The number of rotatable bonds is 4. The maximum atomic E-state index is 14.4. The number of nitrogens with one attached hydrogen (secondary N) is 2. The Balaban J connectivity index is 1.73. The first-order valence-electron chi connectivity index (χ1n) is 7.46. The summed E-state index contributed by atoms with van der Waals surface area (Å²) in [5.41, 5.74) is 3.00. The Hall–Kier alpha value is -2.20. The van der Waals surface area contributed by atoms with E-state index in [0.29, 0.717) is 28.8 Å². The van der Waals surface area contributed by atoms with E-state index in [9.17, 15) is 14.0 Å². The lowest BCUT2D eigenvalue weighted by Gasteiger charge is -2.16. The van der Waals surface area contributed by atoms with Crippen LogP contribution in [0.3, 0.4) is 0 Å². The van der Waals surface area contributed by atoms with Gasteiger partial charge in [0.1, 0.15) is 17.0 Å². The summed E-state index contributed by atoms with van der Waals surface area (Å²) in [7, 11) is 0. The van der Waals surface area contributed by atoms with Crippen molar-refractivity contribution in [2.24, 2.45) is 5.10 Å². The van der Waals surface area contributed by atoms with E-state index in [-0.39, 0.29) is 23.3 Å². The highest BCUT2D eigenvalue weighted by atomic mass is 32.2. The third kappa shape index (κ3) is 4.07. The Labute approximate surface area is 153 Å². The number of thiocarbonyl (C=S) groups is 1. The number of cyclic esters (lactones) is 1. The van der Waals surface area contributed by atoms with Crippen molar-refractivity contribution >= 4 is 51.7 Å². The minimum absolute atomic E-state index is 0.187. The van der Waals surface area contributed by atoms with Crippen molar-refractivity contribution in [2.45, 2.75) is 13.0 Å². The van der Waals surface area contributed by atoms with Gasteiger partial charge in [-0.25, -0.2) is 14.6 Å². The third-order valence-corrected chi connectivity index (χ3v) is 4.71. The van der Waals surface area contributed by atoms with E-state index < -0.39 is 11.9 Å². The number of carbonyl (C=O) groups is 2. The van der Waals surface area contributed by atoms with Crippen LogP contribution in [-0.4, -0.2) is 47.0 Å². The summed E-state index contributed by atoms with van der Waals surface area (Å²) < 4.78 is 19.7. The van der Waals surface area contributed by atoms with E-state index in [4.69, 9.17) is 17.0 Å². The summed E-state index contributed by atoms with van der Waals surface area (Å²) in [6, 6.07) is 4.42. The van der Waals surface area contributed by atoms with Crippen LogP contribution >= 0.6 is 24.0 Å². The predicted molar refractivity (Wildman–Crippen MR) is 97.4 cm³/mol. The Morgan fingerprint density at radius 1 is 1.56 bits per heavy atom. The predicted octanol–water partition coefficient (Wildman–Crippen LogP) is 1.61. The molecule has 0 bridgehead atoms. The lowest BCUT2D eigenvalue weighted by atomic mass is 10.2. The van der Waals surface area contributed by atoms with E-state index >= 15 is 0 Å². The Morgan fingerprint density at radius 2 is 2.36 bits per heavy atom. The zero-order valence-corrected chi connectivity index (χ0v) is 14.9. The fourth-order valence-corrected chi connectivity index (χ4v) is 3.24. The molecule has 0 spiro atoms. The number of ether oxygens (including phenoxy) is 1. The standard InChI is InChI=1S/C15H15FN4O3S2/c1-8(24)17-5-10-6-20(15(22)23-10)9-2-3-11(12(16)4-9)14-19-18-13(21)7-25-14/h2-4,10H,5-7H2,1H3,(H,17,24)(H,18,21). The van der Waals surface area contributed by atoms with Gasteiger partial charge in [-0.1, -0.05) is 24.0 Å². The zero-order chi connectivity index (χ0) is 18.0. The minimum atomic E-state index is -0.530. The van der Waals surface area contributed by atoms with Gasteiger partial charge in [0.25, 0.3) is 5.91 Å². The molecule has 1 unspecified atom stereocenters. The second-order valence-electron chi connectivity index (χ2n) is 5.46. The van der Waals surface area contributed by atoms with Crippen molar-refractivity contribution in [2.75, 3.05) is 23.7 Å². The number of carbonyl (C=O) groups excluding carboxylic acids is 2. The van der Waals surface area contributed by atoms with E-state index in [2.05, 4.69) is 15.8 Å². The molecular weight excluding hydrogens is 367 g/mol. The smallest absolute Gasteiger partial charge is 0.414 e. The molecule has 1 aromatic carbocycles. The van der Waals surface area contributed by atoms with Crippen LogP contribution in [-0.2, 0) is 9.53 Å². The van der Waals surface area contributed by atoms with Crippen LogP contribution in [0.4, 0.5) is 14.9 Å². The first-order chi connectivity index (χ1) is 11.9. The second-order valence-corrected chi connectivity index (χ2v) is 7.03. The van der Waals surface area contributed by atoms with Crippen LogP contribution in [0, 0.1) is 5.82 Å². The van der Waals surface area contributed by atoms with Gasteiger partial charge in [0.15, 0.2) is 0 Å². The van der Waals surface area contributed by atoms with Crippen molar-refractivity contribution < 1.29 is 18.7 Å². The number of hydrazone groups is 1. The lowest BCUT2D eigenvalue weighted by Crippen LogP contribution is -2.32. The van der Waals surface area contributed by atoms with Crippen molar-refractivity contribution in [3.8, 4) is 0 Å². The molecule has 3 rings (SSSR count). The molecule has 2 heterocycles. The molecule has 0 saturated carbocycles. The highest BCUT2D eigenvalue weighted by Gasteiger charge is 2.32. The third-order valence-electron chi connectivity index (χ3n) is 3.57. The molecular formula is C15H15FN4O3S2. The molecule has 2 N–H and O–H groups in total. The SMILES string of the molecule is CC(=S)NCC1CN(c2ccc(C3=NNC(=O)CS3)c(F)c2)C(=O)O1. The summed E-state index contributed by atoms with van der Waals surface area (Å²) in [6.45, 7) is 2.46. The summed E-state index contributed by atoms with van der Waals surface area (Å²) in [5.74, 6) is -0.562. The first-order valence-corrected chi connectivity index (χ1v) is 8.85. The number of anilines is 1. The summed E-state index contributed by atoms with van der Waals surface area (Å²) in [4.78, 5) is 25.1. The van der Waals surface area contributed by atoms with Crippen molar-refractivity contribution in [3.63, 3.8) is 0 Å². The van der Waals surface area contributed by atoms with Crippen molar-refractivity contribution in [1.82, 2.24) is 10.7 Å². The molecule has 1 fully saturated rings. The van der Waals surface area contributed by atoms with Crippen LogP contribution in [0.25, 0.3) is 0 Å². The topological polar surface area (TPSA) is 83.0 Å². The molecule has 1 saturated heterocycles. The molecule has 132 valence electrons. The fraction of sp³-hybridized carbons (Fsp3) is 0.333. The maximum Gasteiger partial charge on any atom is 0.414 e. The molecule has 0 radical (unpaired) electrons. The normalized spacial score (nSPS) is 20.0. The molecule has 0 aromatic heterocycles. The largest absolute Gasteiger partial charge is 0.442 e. The van der Waals surface area contributed by atoms with Gasteiger partial charge in [0.05, 0.1) is 29.5 Å². The number of benzene rings is 1. The van der Waals surface area contributed by atoms with Crippen molar-refractivity contribution in [1.29, 1.82) is 0 Å². The number of nitrogens with zero attached hydrogens (tertiary/aromatic N) is 2. The molecule has 2 aliphatic rings. The first kappa shape index (κ1) is 17.6. The molecule has 0 aliphatic carbocycles. The lowest BCUT2D eigenvalue weighted by molar-refractivity contribution is -0.118. The van der Waals surface area contributed by atoms with Crippen LogP contribution < -0.4 is 15.6 Å². The molecule has 25 heavy (non-hydrogen) atoms. The number of hydrogen-bond donors (Lipinski definition) is 2. The molecule has 2 amide bonds. The van der Waals surface area contributed by atoms with Gasteiger partial charge in [-0.05, 0) is 25.1 Å². The van der Waals surface area contributed by atoms with Gasteiger partial charge in [0.2, 0.25) is 0 Å². The highest BCUT2D eigenvalue weighted by Crippen LogP contribution is 2.26. The average Bonchev–Trinajstić information content (AvgIpc) is 2.95. The van der Waals surface area contributed by atoms with Gasteiger partial charge >= 0.3 is 6.09 Å². The van der Waals surface area contributed by atoms with E-state index in [1.165, 1.54) is 17.0 Å². The van der Waals surface area contributed by atoms with Gasteiger partial charge in [-0.15, -0.1) is 0 Å². The number of amides is 2. The van der Waals surface area contributed by atoms with Crippen molar-refractivity contribution in [3.05, 3.63) is 29.6 Å². The maximum absolute atomic E-state index is 14.4. The number of halogens is 1. The number of hydrogen-bond acceptors (Lipinski definition) is 6. The Bertz CT molecular complexity index is 771. The minimum Gasteiger partial charge on any atom is -0.442 e. The fourth-order valence-electron chi connectivity index (χ4n) is 2.39. The van der Waals surface area contributed by atoms with Gasteiger partial charge in [0, 0.05) is 5.56 Å². The molecule has 1 atom stereocenters. The van der Waals surface area contributed by atoms with Crippen LogP contribution in [0.15, 0.2) is 23.3 Å². The van der Waals surface area contributed by atoms with E-state index in [0.717, 1.165) is 11.8 Å². The van der Waals surface area contributed by atoms with Crippen LogP contribution in [0.5, 0.6) is 0 Å². The Kier molecular flexibility index (Phi) is 5.19. The summed E-state index contributed by atoms with van der Waals surface area (Å²) in [6.07, 6.45) is -0.890. The molecule has 10 heteroatoms. The van der Waals surface area contributed by atoms with Crippen LogP contribution in [0.1, 0.15) is 12.5 Å². The molecule has 7 nitrogen and oxygen atoms in total. The monoisotopic (exact) mass is 382 g/mol. The zero-order valence-electron chi connectivity index (χ0n) is 13.2. The Morgan fingerprint density at radius 3 is 3.00 bits per heavy atom. The highest BCUT2D eigenvalue weighted by molar-refractivity contribution is 8.15. The molecule has 1 aromatic rings. The average molecular weight is 382 g/mol. The second kappa shape index (κ2) is 7.36. The summed E-state index contributed by atoms with van der Waals surface area (Å²) in [5, 5.41) is 7.19. The molecule has 2 aliphatic heterocycles. The van der Waals surface area contributed by atoms with Gasteiger partial charge in [-0.3, -0.25) is 9.69 Å². The van der Waals surface area contributed by atoms with E-state index in [1.54, 1.807) is 13.0 Å². The summed E-state index contributed by atoms with van der Waals surface area (Å²) >= 11 is 6.09. The van der Waals surface area contributed by atoms with E-state index in [1.807, 2.05) is 0 Å². The van der Waals surface area contributed by atoms with Gasteiger partial charge in [-0.2, -0.15) is 5.10 Å². The van der Waals surface area contributed by atoms with Gasteiger partial charge < -0.3 is 10.1 Å².